The summed E-state index contributed by atoms with van der Waals surface area (Å²) >= 11 is 0. The molecule has 2 amide bonds. The molecule has 0 unspecified atom stereocenters. The Kier molecular flexibility index (Phi) is 4.89. The van der Waals surface area contributed by atoms with Gasteiger partial charge in [0.2, 0.25) is 0 Å². The highest BCUT2D eigenvalue weighted by Crippen LogP contribution is 2.27. The van der Waals surface area contributed by atoms with E-state index in [1.165, 1.54) is 5.56 Å². The molecular weight excluding hydrogens is 312 g/mol. The predicted molar refractivity (Wildman–Crippen MR) is 104 cm³/mol. The van der Waals surface area contributed by atoms with Gasteiger partial charge in [0.15, 0.2) is 0 Å². The normalized spacial score (nSPS) is 10.7. The minimum Gasteiger partial charge on any atom is -0.497 e. The van der Waals surface area contributed by atoms with Gasteiger partial charge in [-0.05, 0) is 47.2 Å². The summed E-state index contributed by atoms with van der Waals surface area (Å²) < 4.78 is 5.28. The zero-order valence-corrected chi connectivity index (χ0v) is 14.7. The van der Waals surface area contributed by atoms with Crippen molar-refractivity contribution < 1.29 is 9.53 Å². The number of carbonyl (C=O) groups excluding carboxylic acids is 1. The molecule has 0 aliphatic heterocycles. The van der Waals surface area contributed by atoms with Crippen molar-refractivity contribution in [2.45, 2.75) is 19.8 Å². The van der Waals surface area contributed by atoms with Crippen LogP contribution in [0, 0.1) is 0 Å². The fourth-order valence-electron chi connectivity index (χ4n) is 2.72. The lowest BCUT2D eigenvalue weighted by Gasteiger charge is -2.12. The van der Waals surface area contributed by atoms with Crippen molar-refractivity contribution >= 4 is 28.2 Å². The molecule has 0 bridgehead atoms. The summed E-state index contributed by atoms with van der Waals surface area (Å²) in [5.74, 6) is 1.22. The lowest BCUT2D eigenvalue weighted by Crippen LogP contribution is -2.19. The van der Waals surface area contributed by atoms with Crippen molar-refractivity contribution in [2.24, 2.45) is 0 Å². The Hall–Kier alpha value is -3.01. The number of carbonyl (C=O) groups is 1. The minimum atomic E-state index is -0.271. The van der Waals surface area contributed by atoms with Gasteiger partial charge in [0, 0.05) is 11.1 Å². The third kappa shape index (κ3) is 3.91. The summed E-state index contributed by atoms with van der Waals surface area (Å²) in [7, 11) is 1.63. The second-order valence-corrected chi connectivity index (χ2v) is 6.25. The lowest BCUT2D eigenvalue weighted by atomic mass is 10.0. The highest BCUT2D eigenvalue weighted by Gasteiger charge is 2.07. The van der Waals surface area contributed by atoms with Crippen LogP contribution in [0.4, 0.5) is 16.2 Å². The molecule has 128 valence electrons. The average Bonchev–Trinajstić information content (AvgIpc) is 2.62. The summed E-state index contributed by atoms with van der Waals surface area (Å²) in [6, 6.07) is 19.2. The zero-order chi connectivity index (χ0) is 17.8. The number of hydrogen-bond donors (Lipinski definition) is 2. The molecule has 0 radical (unpaired) electrons. The van der Waals surface area contributed by atoms with Gasteiger partial charge in [0.05, 0.1) is 12.8 Å². The minimum absolute atomic E-state index is 0.271. The molecule has 0 heterocycles. The van der Waals surface area contributed by atoms with Gasteiger partial charge in [0.1, 0.15) is 5.75 Å². The second-order valence-electron chi connectivity index (χ2n) is 6.25. The topological polar surface area (TPSA) is 50.4 Å². The molecule has 3 rings (SSSR count). The summed E-state index contributed by atoms with van der Waals surface area (Å²) in [5, 5.41) is 7.76. The van der Waals surface area contributed by atoms with Crippen LogP contribution >= 0.6 is 0 Å². The zero-order valence-electron chi connectivity index (χ0n) is 14.7. The van der Waals surface area contributed by atoms with Crippen molar-refractivity contribution in [1.29, 1.82) is 0 Å². The molecule has 0 aliphatic rings. The number of rotatable bonds is 4. The van der Waals surface area contributed by atoms with E-state index in [1.54, 1.807) is 7.11 Å². The molecule has 0 aliphatic carbocycles. The van der Waals surface area contributed by atoms with E-state index < -0.39 is 0 Å². The van der Waals surface area contributed by atoms with Crippen LogP contribution in [0.25, 0.3) is 10.8 Å². The first-order valence-corrected chi connectivity index (χ1v) is 8.31. The van der Waals surface area contributed by atoms with Gasteiger partial charge in [-0.2, -0.15) is 0 Å². The molecule has 0 fully saturated rings. The summed E-state index contributed by atoms with van der Waals surface area (Å²) in [4.78, 5) is 12.3. The Bertz CT molecular complexity index is 886. The maximum atomic E-state index is 12.3. The average molecular weight is 334 g/mol. The first kappa shape index (κ1) is 16.8. The molecule has 0 atom stereocenters. The van der Waals surface area contributed by atoms with Crippen molar-refractivity contribution in [2.75, 3.05) is 17.7 Å². The van der Waals surface area contributed by atoms with Crippen molar-refractivity contribution in [1.82, 2.24) is 0 Å². The lowest BCUT2D eigenvalue weighted by molar-refractivity contribution is 0.262. The van der Waals surface area contributed by atoms with E-state index in [2.05, 4.69) is 24.5 Å². The molecule has 3 aromatic rings. The van der Waals surface area contributed by atoms with Crippen LogP contribution < -0.4 is 15.4 Å². The van der Waals surface area contributed by atoms with Crippen molar-refractivity contribution in [3.63, 3.8) is 0 Å². The predicted octanol–water partition coefficient (Wildman–Crippen LogP) is 5.62. The van der Waals surface area contributed by atoms with E-state index in [0.717, 1.165) is 27.9 Å². The molecular formula is C21H22N2O2. The third-order valence-corrected chi connectivity index (χ3v) is 4.17. The summed E-state index contributed by atoms with van der Waals surface area (Å²) in [6.07, 6.45) is 0. The standard InChI is InChI=1S/C21H22N2O2/c1-14(2)15-7-10-17(11-8-15)22-21(24)23-20-6-4-5-16-9-12-18(25-3)13-19(16)20/h4-14H,1-3H3,(H2,22,23,24). The Morgan fingerprint density at radius 1 is 0.960 bits per heavy atom. The van der Waals surface area contributed by atoms with Crippen molar-refractivity contribution in [3.8, 4) is 5.75 Å². The number of ether oxygens (including phenoxy) is 1. The molecule has 0 spiro atoms. The van der Waals surface area contributed by atoms with E-state index in [4.69, 9.17) is 4.74 Å². The summed E-state index contributed by atoms with van der Waals surface area (Å²) in [6.45, 7) is 4.29. The number of amides is 2. The Labute approximate surface area is 147 Å². The van der Waals surface area contributed by atoms with Gasteiger partial charge in [-0.1, -0.05) is 44.2 Å². The smallest absolute Gasteiger partial charge is 0.323 e. The van der Waals surface area contributed by atoms with Gasteiger partial charge in [0.25, 0.3) is 0 Å². The number of methoxy groups -OCH3 is 1. The molecule has 0 aromatic heterocycles. The third-order valence-electron chi connectivity index (χ3n) is 4.17. The van der Waals surface area contributed by atoms with E-state index in [-0.39, 0.29) is 6.03 Å². The van der Waals surface area contributed by atoms with Crippen LogP contribution in [0.1, 0.15) is 25.3 Å². The maximum absolute atomic E-state index is 12.3. The molecule has 4 nitrogen and oxygen atoms in total. The van der Waals surface area contributed by atoms with Gasteiger partial charge < -0.3 is 15.4 Å². The molecule has 2 N–H and O–H groups in total. The molecule has 25 heavy (non-hydrogen) atoms. The SMILES string of the molecule is COc1ccc2cccc(NC(=O)Nc3ccc(C(C)C)cc3)c2c1. The first-order chi connectivity index (χ1) is 12.1. The van der Waals surface area contributed by atoms with Crippen LogP contribution in [-0.4, -0.2) is 13.1 Å². The molecule has 0 saturated heterocycles. The van der Waals surface area contributed by atoms with Gasteiger partial charge in [-0.3, -0.25) is 0 Å². The Morgan fingerprint density at radius 2 is 1.72 bits per heavy atom. The number of fused-ring (bicyclic) bond motifs is 1. The number of hydrogen-bond acceptors (Lipinski definition) is 2. The number of benzene rings is 3. The summed E-state index contributed by atoms with van der Waals surface area (Å²) in [5.41, 5.74) is 2.75. The quantitative estimate of drug-likeness (QED) is 0.651. The molecule has 0 saturated carbocycles. The van der Waals surface area contributed by atoms with Crippen LogP contribution in [-0.2, 0) is 0 Å². The second kappa shape index (κ2) is 7.26. The van der Waals surface area contributed by atoms with Gasteiger partial charge in [-0.25, -0.2) is 4.79 Å². The van der Waals surface area contributed by atoms with Crippen LogP contribution in [0.15, 0.2) is 60.7 Å². The van der Waals surface area contributed by atoms with Crippen LogP contribution in [0.2, 0.25) is 0 Å². The van der Waals surface area contributed by atoms with Crippen molar-refractivity contribution in [3.05, 3.63) is 66.2 Å². The Balaban J connectivity index is 1.77. The van der Waals surface area contributed by atoms with Gasteiger partial charge >= 0.3 is 6.03 Å². The molecule has 4 heteroatoms. The largest absolute Gasteiger partial charge is 0.497 e. The highest BCUT2D eigenvalue weighted by molar-refractivity contribution is 6.06. The highest BCUT2D eigenvalue weighted by atomic mass is 16.5. The first-order valence-electron chi connectivity index (χ1n) is 8.31. The van der Waals surface area contributed by atoms with E-state index >= 15 is 0 Å². The Morgan fingerprint density at radius 3 is 2.40 bits per heavy atom. The molecule has 3 aromatic carbocycles. The number of anilines is 2. The van der Waals surface area contributed by atoms with E-state index in [1.807, 2.05) is 60.7 Å². The number of nitrogens with one attached hydrogen (secondary N) is 2. The fraction of sp³-hybridized carbons (Fsp3) is 0.190. The monoisotopic (exact) mass is 334 g/mol. The van der Waals surface area contributed by atoms with Crippen LogP contribution in [0.3, 0.4) is 0 Å². The van der Waals surface area contributed by atoms with E-state index in [9.17, 15) is 4.79 Å². The fourth-order valence-corrected chi connectivity index (χ4v) is 2.72. The number of urea groups is 1. The van der Waals surface area contributed by atoms with Gasteiger partial charge in [-0.15, -0.1) is 0 Å². The maximum Gasteiger partial charge on any atom is 0.323 e. The van der Waals surface area contributed by atoms with E-state index in [0.29, 0.717) is 5.92 Å². The van der Waals surface area contributed by atoms with Crippen LogP contribution in [0.5, 0.6) is 5.75 Å².